The van der Waals surface area contributed by atoms with E-state index in [-0.39, 0.29) is 18.4 Å². The third kappa shape index (κ3) is 4.84. The molecule has 3 N–H and O–H groups in total. The molecule has 0 fully saturated rings. The molecule has 0 aliphatic heterocycles. The normalized spacial score (nSPS) is 17.0. The van der Waals surface area contributed by atoms with E-state index in [1.54, 1.807) is 13.8 Å². The van der Waals surface area contributed by atoms with Gasteiger partial charge in [0.25, 0.3) is 0 Å². The van der Waals surface area contributed by atoms with Crippen molar-refractivity contribution in [3.8, 4) is 0 Å². The molecule has 0 bridgehead atoms. The Hall–Kier alpha value is -1.31. The summed E-state index contributed by atoms with van der Waals surface area (Å²) in [6.07, 6.45) is 2.70. The third-order valence-electron chi connectivity index (χ3n) is 4.23. The zero-order valence-electron chi connectivity index (χ0n) is 14.1. The predicted octanol–water partition coefficient (Wildman–Crippen LogP) is 1.86. The Kier molecular flexibility index (Phi) is 7.51. The van der Waals surface area contributed by atoms with E-state index in [9.17, 15) is 13.2 Å². The summed E-state index contributed by atoms with van der Waals surface area (Å²) in [5.74, 6) is -0.957. The summed E-state index contributed by atoms with van der Waals surface area (Å²) in [6.45, 7) is 4.27. The topological polar surface area (TPSA) is 92.5 Å². The van der Waals surface area contributed by atoms with Crippen molar-refractivity contribution in [2.24, 2.45) is 0 Å². The molecule has 0 saturated carbocycles. The SMILES string of the molecule is CCN(CC)S(=O)(=O)CC(=O)NC1CCCc2cc(N)ccc21.Cl. The van der Waals surface area contributed by atoms with Gasteiger partial charge in [0.15, 0.2) is 0 Å². The second-order valence-electron chi connectivity index (χ2n) is 5.81. The highest BCUT2D eigenvalue weighted by molar-refractivity contribution is 7.89. The van der Waals surface area contributed by atoms with Gasteiger partial charge in [-0.1, -0.05) is 19.9 Å². The maximum atomic E-state index is 12.2. The van der Waals surface area contributed by atoms with Crippen LogP contribution >= 0.6 is 12.4 Å². The van der Waals surface area contributed by atoms with Gasteiger partial charge in [-0.3, -0.25) is 4.79 Å². The lowest BCUT2D eigenvalue weighted by molar-refractivity contribution is -0.119. The van der Waals surface area contributed by atoms with Crippen molar-refractivity contribution in [3.63, 3.8) is 0 Å². The molecule has 1 amide bonds. The van der Waals surface area contributed by atoms with Gasteiger partial charge in [-0.2, -0.15) is 0 Å². The van der Waals surface area contributed by atoms with Gasteiger partial charge >= 0.3 is 0 Å². The van der Waals surface area contributed by atoms with Gasteiger partial charge in [0.1, 0.15) is 5.75 Å². The minimum absolute atomic E-state index is 0. The van der Waals surface area contributed by atoms with Gasteiger partial charge in [0, 0.05) is 18.8 Å². The molecule has 6 nitrogen and oxygen atoms in total. The standard InChI is InChI=1S/C16H25N3O3S.ClH/c1-3-19(4-2)23(21,22)11-16(20)18-15-7-5-6-12-10-13(17)8-9-14(12)15;/h8-10,15H,3-7,11,17H2,1-2H3,(H,18,20);1H. The number of rotatable bonds is 6. The van der Waals surface area contributed by atoms with Crippen LogP contribution in [-0.2, 0) is 21.2 Å². The second kappa shape index (κ2) is 8.69. The molecule has 136 valence electrons. The van der Waals surface area contributed by atoms with Gasteiger partial charge in [-0.15, -0.1) is 12.4 Å². The van der Waals surface area contributed by atoms with E-state index in [1.807, 2.05) is 18.2 Å². The largest absolute Gasteiger partial charge is 0.399 e. The molecule has 1 unspecified atom stereocenters. The number of nitrogen functional groups attached to an aromatic ring is 1. The summed E-state index contributed by atoms with van der Waals surface area (Å²) >= 11 is 0. The smallest absolute Gasteiger partial charge is 0.237 e. The molecular formula is C16H26ClN3O3S. The summed E-state index contributed by atoms with van der Waals surface area (Å²) in [7, 11) is -3.56. The van der Waals surface area contributed by atoms with Crippen LogP contribution in [0.15, 0.2) is 18.2 Å². The molecule has 8 heteroatoms. The molecule has 24 heavy (non-hydrogen) atoms. The highest BCUT2D eigenvalue weighted by Crippen LogP contribution is 2.30. The summed E-state index contributed by atoms with van der Waals surface area (Å²) in [5.41, 5.74) is 8.69. The number of fused-ring (bicyclic) bond motifs is 1. The first-order valence-electron chi connectivity index (χ1n) is 8.02. The van der Waals surface area contributed by atoms with Crippen LogP contribution < -0.4 is 11.1 Å². The highest BCUT2D eigenvalue weighted by atomic mass is 35.5. The lowest BCUT2D eigenvalue weighted by Gasteiger charge is -2.27. The zero-order chi connectivity index (χ0) is 17.0. The van der Waals surface area contributed by atoms with Crippen LogP contribution in [0.25, 0.3) is 0 Å². The molecule has 0 spiro atoms. The number of amides is 1. The summed E-state index contributed by atoms with van der Waals surface area (Å²) in [6, 6.07) is 5.53. The number of nitrogens with two attached hydrogens (primary N) is 1. The zero-order valence-corrected chi connectivity index (χ0v) is 15.8. The molecule has 1 atom stereocenters. The molecular weight excluding hydrogens is 350 g/mol. The predicted molar refractivity (Wildman–Crippen MR) is 98.6 cm³/mol. The summed E-state index contributed by atoms with van der Waals surface area (Å²) < 4.78 is 25.7. The molecule has 1 aromatic rings. The number of carbonyl (C=O) groups excluding carboxylic acids is 1. The second-order valence-corrected chi connectivity index (χ2v) is 7.78. The molecule has 1 aliphatic carbocycles. The monoisotopic (exact) mass is 375 g/mol. The number of benzene rings is 1. The average Bonchev–Trinajstić information content (AvgIpc) is 2.47. The van der Waals surface area contributed by atoms with Crippen molar-refractivity contribution in [2.75, 3.05) is 24.6 Å². The van der Waals surface area contributed by atoms with Crippen LogP contribution in [0.4, 0.5) is 5.69 Å². The van der Waals surface area contributed by atoms with Crippen LogP contribution in [-0.4, -0.2) is 37.5 Å². The van der Waals surface area contributed by atoms with Crippen LogP contribution in [0.2, 0.25) is 0 Å². The molecule has 0 aromatic heterocycles. The Bertz CT molecular complexity index is 675. The van der Waals surface area contributed by atoms with Gasteiger partial charge in [-0.05, 0) is 42.5 Å². The Morgan fingerprint density at radius 1 is 1.33 bits per heavy atom. The molecule has 0 saturated heterocycles. The van der Waals surface area contributed by atoms with E-state index in [0.717, 1.165) is 30.4 Å². The Labute approximate surface area is 150 Å². The van der Waals surface area contributed by atoms with Gasteiger partial charge in [-0.25, -0.2) is 12.7 Å². The fraction of sp³-hybridized carbons (Fsp3) is 0.562. The van der Waals surface area contributed by atoms with E-state index in [2.05, 4.69) is 5.32 Å². The maximum Gasteiger partial charge on any atom is 0.237 e. The number of hydrogen-bond donors (Lipinski definition) is 2. The van der Waals surface area contributed by atoms with Gasteiger partial charge in [0.05, 0.1) is 6.04 Å². The Balaban J connectivity index is 0.00000288. The number of hydrogen-bond acceptors (Lipinski definition) is 4. The van der Waals surface area contributed by atoms with Crippen molar-refractivity contribution in [1.29, 1.82) is 0 Å². The number of sulfonamides is 1. The number of halogens is 1. The van der Waals surface area contributed by atoms with E-state index in [0.29, 0.717) is 18.8 Å². The number of carbonyl (C=O) groups is 1. The van der Waals surface area contributed by atoms with Gasteiger partial charge < -0.3 is 11.1 Å². The van der Waals surface area contributed by atoms with E-state index < -0.39 is 21.7 Å². The fourth-order valence-corrected chi connectivity index (χ4v) is 4.48. The number of anilines is 1. The number of nitrogens with one attached hydrogen (secondary N) is 1. The maximum absolute atomic E-state index is 12.2. The third-order valence-corrected chi connectivity index (χ3v) is 6.16. The van der Waals surface area contributed by atoms with Gasteiger partial charge in [0.2, 0.25) is 15.9 Å². The first kappa shape index (κ1) is 20.7. The van der Waals surface area contributed by atoms with Crippen molar-refractivity contribution in [1.82, 2.24) is 9.62 Å². The van der Waals surface area contributed by atoms with E-state index >= 15 is 0 Å². The number of nitrogens with zero attached hydrogens (tertiary/aromatic N) is 1. The van der Waals surface area contributed by atoms with Crippen LogP contribution in [0.5, 0.6) is 0 Å². The van der Waals surface area contributed by atoms with Crippen molar-refractivity contribution in [2.45, 2.75) is 39.2 Å². The molecule has 0 heterocycles. The lowest BCUT2D eigenvalue weighted by atomic mass is 9.87. The summed E-state index contributed by atoms with van der Waals surface area (Å²) in [4.78, 5) is 12.2. The van der Waals surface area contributed by atoms with E-state index in [1.165, 1.54) is 4.31 Å². The highest BCUT2D eigenvalue weighted by Gasteiger charge is 2.26. The molecule has 0 radical (unpaired) electrons. The van der Waals surface area contributed by atoms with Crippen LogP contribution in [0.1, 0.15) is 43.9 Å². The number of aryl methyl sites for hydroxylation is 1. The minimum atomic E-state index is -3.56. The van der Waals surface area contributed by atoms with Crippen LogP contribution in [0.3, 0.4) is 0 Å². The first-order valence-corrected chi connectivity index (χ1v) is 9.63. The summed E-state index contributed by atoms with van der Waals surface area (Å²) in [5, 5.41) is 2.87. The first-order chi connectivity index (χ1) is 10.9. The Morgan fingerprint density at radius 3 is 2.62 bits per heavy atom. The molecule has 2 rings (SSSR count). The van der Waals surface area contributed by atoms with Crippen molar-refractivity contribution >= 4 is 34.0 Å². The molecule has 1 aromatic carbocycles. The van der Waals surface area contributed by atoms with Crippen LogP contribution in [0, 0.1) is 0 Å². The minimum Gasteiger partial charge on any atom is -0.399 e. The fourth-order valence-electron chi connectivity index (χ4n) is 3.09. The quantitative estimate of drug-likeness (QED) is 0.742. The Morgan fingerprint density at radius 2 is 2.00 bits per heavy atom. The van der Waals surface area contributed by atoms with E-state index in [4.69, 9.17) is 5.73 Å². The lowest BCUT2D eigenvalue weighted by Crippen LogP contribution is -2.41. The van der Waals surface area contributed by atoms with Crippen molar-refractivity contribution < 1.29 is 13.2 Å². The van der Waals surface area contributed by atoms with Crippen molar-refractivity contribution in [3.05, 3.63) is 29.3 Å². The molecule has 1 aliphatic rings. The average molecular weight is 376 g/mol.